The SMILES string of the molecule is CC(F)(F)C(F)(F)OCCCCCCCCF. The molecule has 0 fully saturated rings. The van der Waals surface area contributed by atoms with E-state index in [1.54, 1.807) is 0 Å². The molecule has 0 aliphatic carbocycles. The summed E-state index contributed by atoms with van der Waals surface area (Å²) in [5, 5.41) is 0. The van der Waals surface area contributed by atoms with Crippen LogP contribution in [0.1, 0.15) is 45.4 Å². The number of halogens is 5. The summed E-state index contributed by atoms with van der Waals surface area (Å²) in [6.07, 6.45) is -0.598. The van der Waals surface area contributed by atoms with Crippen LogP contribution in [0.5, 0.6) is 0 Å². The van der Waals surface area contributed by atoms with E-state index >= 15 is 0 Å². The fourth-order valence-corrected chi connectivity index (χ4v) is 1.23. The lowest BCUT2D eigenvalue weighted by atomic mass is 10.1. The summed E-state index contributed by atoms with van der Waals surface area (Å²) in [7, 11) is 0. The van der Waals surface area contributed by atoms with Gasteiger partial charge in [-0.05, 0) is 12.8 Å². The Morgan fingerprint density at radius 1 is 0.824 bits per heavy atom. The Morgan fingerprint density at radius 2 is 1.29 bits per heavy atom. The number of ether oxygens (including phenoxy) is 1. The molecule has 0 saturated heterocycles. The molecule has 0 spiro atoms. The van der Waals surface area contributed by atoms with E-state index in [-0.39, 0.29) is 20.2 Å². The van der Waals surface area contributed by atoms with Crippen LogP contribution in [-0.4, -0.2) is 25.3 Å². The summed E-state index contributed by atoms with van der Waals surface area (Å²) in [5.41, 5.74) is 0. The van der Waals surface area contributed by atoms with E-state index in [0.29, 0.717) is 19.3 Å². The second-order valence-corrected chi connectivity index (χ2v) is 4.06. The van der Waals surface area contributed by atoms with Gasteiger partial charge in [0.1, 0.15) is 0 Å². The van der Waals surface area contributed by atoms with E-state index in [1.165, 1.54) is 0 Å². The molecular formula is C11H19F5O. The van der Waals surface area contributed by atoms with Crippen LogP contribution in [0.2, 0.25) is 0 Å². The fraction of sp³-hybridized carbons (Fsp3) is 1.00. The van der Waals surface area contributed by atoms with E-state index < -0.39 is 12.0 Å². The maximum atomic E-state index is 12.6. The van der Waals surface area contributed by atoms with Crippen LogP contribution in [0, 0.1) is 0 Å². The molecule has 0 aromatic heterocycles. The maximum absolute atomic E-state index is 12.6. The zero-order chi connectivity index (χ0) is 13.4. The summed E-state index contributed by atoms with van der Waals surface area (Å²) in [4.78, 5) is 0. The van der Waals surface area contributed by atoms with E-state index in [2.05, 4.69) is 4.74 Å². The smallest absolute Gasteiger partial charge is 0.316 e. The summed E-state index contributed by atoms with van der Waals surface area (Å²) >= 11 is 0. The minimum Gasteiger partial charge on any atom is -0.316 e. The quantitative estimate of drug-likeness (QED) is 0.414. The van der Waals surface area contributed by atoms with Gasteiger partial charge in [-0.3, -0.25) is 4.39 Å². The van der Waals surface area contributed by atoms with Gasteiger partial charge in [0.15, 0.2) is 0 Å². The van der Waals surface area contributed by atoms with Gasteiger partial charge < -0.3 is 4.74 Å². The maximum Gasteiger partial charge on any atom is 0.419 e. The van der Waals surface area contributed by atoms with E-state index in [4.69, 9.17) is 0 Å². The Hall–Kier alpha value is -0.390. The van der Waals surface area contributed by atoms with Crippen LogP contribution in [-0.2, 0) is 4.74 Å². The molecule has 0 aromatic rings. The lowest BCUT2D eigenvalue weighted by molar-refractivity contribution is -0.341. The predicted octanol–water partition coefficient (Wildman–Crippen LogP) is 4.56. The molecule has 0 rings (SSSR count). The Kier molecular flexibility index (Phi) is 7.66. The third-order valence-corrected chi connectivity index (χ3v) is 2.32. The zero-order valence-electron chi connectivity index (χ0n) is 9.95. The molecule has 104 valence electrons. The average molecular weight is 262 g/mol. The normalized spacial score (nSPS) is 13.1. The monoisotopic (exact) mass is 262 g/mol. The van der Waals surface area contributed by atoms with Crippen molar-refractivity contribution in [3.8, 4) is 0 Å². The Labute approximate surface area is 98.3 Å². The molecule has 0 unspecified atom stereocenters. The minimum absolute atomic E-state index is 0.129. The van der Waals surface area contributed by atoms with Crippen molar-refractivity contribution in [2.24, 2.45) is 0 Å². The summed E-state index contributed by atoms with van der Waals surface area (Å²) in [6.45, 7) is -0.607. The third kappa shape index (κ3) is 7.52. The number of rotatable bonds is 10. The first-order valence-electron chi connectivity index (χ1n) is 5.77. The van der Waals surface area contributed by atoms with Gasteiger partial charge in [-0.1, -0.05) is 25.7 Å². The van der Waals surface area contributed by atoms with Crippen molar-refractivity contribution < 1.29 is 26.7 Å². The Morgan fingerprint density at radius 3 is 1.76 bits per heavy atom. The van der Waals surface area contributed by atoms with Crippen molar-refractivity contribution in [2.45, 2.75) is 57.5 Å². The van der Waals surface area contributed by atoms with Crippen molar-refractivity contribution in [1.29, 1.82) is 0 Å². The first kappa shape index (κ1) is 16.6. The number of unbranched alkanes of at least 4 members (excludes halogenated alkanes) is 5. The average Bonchev–Trinajstić information content (AvgIpc) is 2.20. The highest BCUT2D eigenvalue weighted by Crippen LogP contribution is 2.34. The van der Waals surface area contributed by atoms with Gasteiger partial charge in [0.05, 0.1) is 13.3 Å². The minimum atomic E-state index is -4.40. The van der Waals surface area contributed by atoms with Gasteiger partial charge >= 0.3 is 12.0 Å². The van der Waals surface area contributed by atoms with Gasteiger partial charge in [0.25, 0.3) is 0 Å². The molecule has 0 aromatic carbocycles. The lowest BCUT2D eigenvalue weighted by Gasteiger charge is -2.22. The number of alkyl halides is 5. The van der Waals surface area contributed by atoms with Crippen LogP contribution in [0.3, 0.4) is 0 Å². The van der Waals surface area contributed by atoms with Gasteiger partial charge in [-0.2, -0.15) is 17.6 Å². The molecule has 0 radical (unpaired) electrons. The largest absolute Gasteiger partial charge is 0.419 e. The van der Waals surface area contributed by atoms with Crippen molar-refractivity contribution in [1.82, 2.24) is 0 Å². The Bertz CT molecular complexity index is 191. The first-order valence-corrected chi connectivity index (χ1v) is 5.77. The number of hydrogen-bond donors (Lipinski definition) is 0. The van der Waals surface area contributed by atoms with E-state index in [1.807, 2.05) is 0 Å². The summed E-state index contributed by atoms with van der Waals surface area (Å²) in [6, 6.07) is 0. The first-order chi connectivity index (χ1) is 7.81. The summed E-state index contributed by atoms with van der Waals surface area (Å²) in [5.74, 6) is -4.16. The second kappa shape index (κ2) is 7.84. The highest BCUT2D eigenvalue weighted by atomic mass is 19.3. The van der Waals surface area contributed by atoms with Crippen molar-refractivity contribution >= 4 is 0 Å². The molecule has 0 aliphatic heterocycles. The molecule has 0 saturated carbocycles. The molecule has 0 bridgehead atoms. The molecule has 0 aliphatic rings. The molecule has 0 heterocycles. The van der Waals surface area contributed by atoms with E-state index in [9.17, 15) is 22.0 Å². The molecule has 0 amide bonds. The zero-order valence-corrected chi connectivity index (χ0v) is 9.95. The second-order valence-electron chi connectivity index (χ2n) is 4.06. The molecule has 17 heavy (non-hydrogen) atoms. The standard InChI is InChI=1S/C11H19F5O/c1-10(13,14)11(15,16)17-9-7-5-3-2-4-6-8-12/h2-9H2,1H3. The van der Waals surface area contributed by atoms with Crippen molar-refractivity contribution in [3.63, 3.8) is 0 Å². The molecular weight excluding hydrogens is 243 g/mol. The number of hydrogen-bond acceptors (Lipinski definition) is 1. The third-order valence-electron chi connectivity index (χ3n) is 2.32. The van der Waals surface area contributed by atoms with Gasteiger partial charge in [0, 0.05) is 6.92 Å². The lowest BCUT2D eigenvalue weighted by Crippen LogP contribution is -2.40. The van der Waals surface area contributed by atoms with Gasteiger partial charge in [0.2, 0.25) is 0 Å². The molecule has 0 atom stereocenters. The van der Waals surface area contributed by atoms with Crippen LogP contribution >= 0.6 is 0 Å². The topological polar surface area (TPSA) is 9.23 Å². The van der Waals surface area contributed by atoms with Gasteiger partial charge in [-0.25, -0.2) is 0 Å². The van der Waals surface area contributed by atoms with Crippen LogP contribution in [0.25, 0.3) is 0 Å². The predicted molar refractivity (Wildman–Crippen MR) is 55.2 cm³/mol. The molecule has 0 N–H and O–H groups in total. The summed E-state index contributed by atoms with van der Waals surface area (Å²) < 4.78 is 65.4. The van der Waals surface area contributed by atoms with E-state index in [0.717, 1.165) is 19.3 Å². The van der Waals surface area contributed by atoms with Crippen LogP contribution in [0.15, 0.2) is 0 Å². The molecule has 1 nitrogen and oxygen atoms in total. The van der Waals surface area contributed by atoms with Gasteiger partial charge in [-0.15, -0.1) is 0 Å². The fourth-order valence-electron chi connectivity index (χ4n) is 1.23. The van der Waals surface area contributed by atoms with Crippen molar-refractivity contribution in [3.05, 3.63) is 0 Å². The highest BCUT2D eigenvalue weighted by Gasteiger charge is 2.53. The highest BCUT2D eigenvalue weighted by molar-refractivity contribution is 4.70. The molecule has 6 heteroatoms. The van der Waals surface area contributed by atoms with Crippen LogP contribution in [0.4, 0.5) is 22.0 Å². The van der Waals surface area contributed by atoms with Crippen LogP contribution < -0.4 is 0 Å². The Balaban J connectivity index is 3.46. The van der Waals surface area contributed by atoms with Crippen molar-refractivity contribution in [2.75, 3.05) is 13.3 Å².